The summed E-state index contributed by atoms with van der Waals surface area (Å²) in [6.07, 6.45) is 6.19. The van der Waals surface area contributed by atoms with Crippen molar-refractivity contribution < 1.29 is 19.0 Å². The minimum absolute atomic E-state index is 0.211. The van der Waals surface area contributed by atoms with Crippen LogP contribution in [0.3, 0.4) is 0 Å². The Balaban J connectivity index is 1.95. The molecule has 18 heavy (non-hydrogen) atoms. The van der Waals surface area contributed by atoms with Gasteiger partial charge in [0.15, 0.2) is 0 Å². The lowest BCUT2D eigenvalue weighted by molar-refractivity contribution is -0.139. The zero-order valence-electron chi connectivity index (χ0n) is 11.4. The first kappa shape index (κ1) is 15.2. The first-order chi connectivity index (χ1) is 8.74. The van der Waals surface area contributed by atoms with Crippen molar-refractivity contribution in [3.8, 4) is 0 Å². The molecule has 0 radical (unpaired) electrons. The normalized spacial score (nSPS) is 18.8. The summed E-state index contributed by atoms with van der Waals surface area (Å²) < 4.78 is 15.5. The van der Waals surface area contributed by atoms with Crippen molar-refractivity contribution in [3.63, 3.8) is 0 Å². The fourth-order valence-corrected chi connectivity index (χ4v) is 1.42. The Morgan fingerprint density at radius 3 is 2.83 bits per heavy atom. The second kappa shape index (κ2) is 9.11. The number of hydrogen-bond donors (Lipinski definition) is 0. The molecule has 1 rings (SSSR count). The van der Waals surface area contributed by atoms with Crippen molar-refractivity contribution in [1.29, 1.82) is 0 Å². The van der Waals surface area contributed by atoms with E-state index in [0.29, 0.717) is 31.5 Å². The van der Waals surface area contributed by atoms with Crippen LogP contribution in [0.15, 0.2) is 11.6 Å². The molecule has 0 amide bonds. The monoisotopic (exact) mass is 256 g/mol. The van der Waals surface area contributed by atoms with E-state index in [0.717, 1.165) is 32.3 Å². The number of unbranched alkanes of at least 4 members (excludes halogenated alkanes) is 2. The Morgan fingerprint density at radius 2 is 2.17 bits per heavy atom. The number of rotatable bonds is 10. The highest BCUT2D eigenvalue weighted by molar-refractivity contribution is 5.87. The number of hydrogen-bond acceptors (Lipinski definition) is 4. The van der Waals surface area contributed by atoms with Crippen molar-refractivity contribution in [1.82, 2.24) is 0 Å². The molecule has 1 fully saturated rings. The van der Waals surface area contributed by atoms with E-state index in [2.05, 4.69) is 6.92 Å². The van der Waals surface area contributed by atoms with Gasteiger partial charge < -0.3 is 14.2 Å². The van der Waals surface area contributed by atoms with Crippen molar-refractivity contribution >= 4 is 5.97 Å². The predicted molar refractivity (Wildman–Crippen MR) is 69.4 cm³/mol. The Bertz CT molecular complexity index is 269. The lowest BCUT2D eigenvalue weighted by atomic mass is 10.2. The van der Waals surface area contributed by atoms with Gasteiger partial charge in [0.2, 0.25) is 0 Å². The smallest absolute Gasteiger partial charge is 0.333 e. The average Bonchev–Trinajstić information content (AvgIpc) is 3.17. The molecule has 0 aromatic rings. The Labute approximate surface area is 109 Å². The SMILES string of the molecule is CCCCC=C(C)C(=O)OCCCOCC1CO1. The first-order valence-electron chi connectivity index (χ1n) is 6.77. The molecule has 0 bridgehead atoms. The zero-order chi connectivity index (χ0) is 13.2. The van der Waals surface area contributed by atoms with Crippen molar-refractivity contribution in [2.45, 2.75) is 45.6 Å². The predicted octanol–water partition coefficient (Wildman–Crippen LogP) is 2.47. The highest BCUT2D eigenvalue weighted by atomic mass is 16.6. The first-order valence-corrected chi connectivity index (χ1v) is 6.77. The van der Waals surface area contributed by atoms with Crippen LogP contribution in [0.4, 0.5) is 0 Å². The topological polar surface area (TPSA) is 48.1 Å². The molecule has 1 heterocycles. The van der Waals surface area contributed by atoms with E-state index in [4.69, 9.17) is 14.2 Å². The summed E-state index contributed by atoms with van der Waals surface area (Å²) in [6, 6.07) is 0. The highest BCUT2D eigenvalue weighted by Crippen LogP contribution is 2.08. The molecule has 0 saturated carbocycles. The average molecular weight is 256 g/mol. The zero-order valence-corrected chi connectivity index (χ0v) is 11.4. The molecule has 1 atom stereocenters. The van der Waals surface area contributed by atoms with Crippen LogP contribution in [0.5, 0.6) is 0 Å². The van der Waals surface area contributed by atoms with Crippen LogP contribution < -0.4 is 0 Å². The lowest BCUT2D eigenvalue weighted by Gasteiger charge is -2.05. The largest absolute Gasteiger partial charge is 0.462 e. The molecular weight excluding hydrogens is 232 g/mol. The number of allylic oxidation sites excluding steroid dienone is 1. The third-order valence-electron chi connectivity index (χ3n) is 2.70. The van der Waals surface area contributed by atoms with E-state index in [1.165, 1.54) is 0 Å². The Hall–Kier alpha value is -0.870. The summed E-state index contributed by atoms with van der Waals surface area (Å²) >= 11 is 0. The summed E-state index contributed by atoms with van der Waals surface area (Å²) in [7, 11) is 0. The van der Waals surface area contributed by atoms with Crippen LogP contribution in [0.25, 0.3) is 0 Å². The number of epoxide rings is 1. The Kier molecular flexibility index (Phi) is 7.69. The third kappa shape index (κ3) is 7.45. The van der Waals surface area contributed by atoms with Gasteiger partial charge in [-0.1, -0.05) is 25.8 Å². The summed E-state index contributed by atoms with van der Waals surface area (Å²) in [5, 5.41) is 0. The molecule has 0 aliphatic carbocycles. The highest BCUT2D eigenvalue weighted by Gasteiger charge is 2.21. The van der Waals surface area contributed by atoms with E-state index in [-0.39, 0.29) is 5.97 Å². The maximum absolute atomic E-state index is 11.5. The molecule has 0 aromatic carbocycles. The van der Waals surface area contributed by atoms with Gasteiger partial charge in [-0.25, -0.2) is 4.79 Å². The lowest BCUT2D eigenvalue weighted by Crippen LogP contribution is -2.10. The maximum Gasteiger partial charge on any atom is 0.333 e. The molecule has 1 aliphatic heterocycles. The van der Waals surface area contributed by atoms with Crippen molar-refractivity contribution in [2.75, 3.05) is 26.4 Å². The van der Waals surface area contributed by atoms with Crippen LogP contribution in [-0.4, -0.2) is 38.5 Å². The molecule has 0 spiro atoms. The van der Waals surface area contributed by atoms with Gasteiger partial charge in [0, 0.05) is 18.6 Å². The van der Waals surface area contributed by atoms with Crippen LogP contribution in [-0.2, 0) is 19.0 Å². The molecular formula is C14H24O4. The summed E-state index contributed by atoms with van der Waals surface area (Å²) in [5.74, 6) is -0.211. The second-order valence-electron chi connectivity index (χ2n) is 4.55. The van der Waals surface area contributed by atoms with Gasteiger partial charge >= 0.3 is 5.97 Å². The summed E-state index contributed by atoms with van der Waals surface area (Å²) in [5.41, 5.74) is 0.704. The molecule has 1 aliphatic rings. The number of ether oxygens (including phenoxy) is 3. The minimum atomic E-state index is -0.211. The molecule has 4 nitrogen and oxygen atoms in total. The molecule has 4 heteroatoms. The Morgan fingerprint density at radius 1 is 1.39 bits per heavy atom. The van der Waals surface area contributed by atoms with E-state index in [9.17, 15) is 4.79 Å². The van der Waals surface area contributed by atoms with Crippen molar-refractivity contribution in [3.05, 3.63) is 11.6 Å². The third-order valence-corrected chi connectivity index (χ3v) is 2.70. The van der Waals surface area contributed by atoms with E-state index in [1.54, 1.807) is 6.92 Å². The van der Waals surface area contributed by atoms with Gasteiger partial charge in [-0.3, -0.25) is 0 Å². The van der Waals surface area contributed by atoms with E-state index in [1.807, 2.05) is 6.08 Å². The van der Waals surface area contributed by atoms with Crippen molar-refractivity contribution in [2.24, 2.45) is 0 Å². The standard InChI is InChI=1S/C14H24O4/c1-3-4-5-7-12(2)14(15)17-9-6-8-16-10-13-11-18-13/h7,13H,3-6,8-11H2,1-2H3. The quantitative estimate of drug-likeness (QED) is 0.261. The molecule has 1 unspecified atom stereocenters. The van der Waals surface area contributed by atoms with Crippen LogP contribution in [0.2, 0.25) is 0 Å². The fourth-order valence-electron chi connectivity index (χ4n) is 1.42. The van der Waals surface area contributed by atoms with Gasteiger partial charge in [0.05, 0.1) is 19.8 Å². The van der Waals surface area contributed by atoms with Crippen LogP contribution >= 0.6 is 0 Å². The van der Waals surface area contributed by atoms with Gasteiger partial charge in [0.25, 0.3) is 0 Å². The van der Waals surface area contributed by atoms with Crippen LogP contribution in [0.1, 0.15) is 39.5 Å². The maximum atomic E-state index is 11.5. The second-order valence-corrected chi connectivity index (χ2v) is 4.55. The molecule has 0 aromatic heterocycles. The minimum Gasteiger partial charge on any atom is -0.462 e. The summed E-state index contributed by atoms with van der Waals surface area (Å²) in [6.45, 7) is 6.45. The van der Waals surface area contributed by atoms with Gasteiger partial charge in [-0.05, 0) is 13.3 Å². The van der Waals surface area contributed by atoms with Crippen LogP contribution in [0, 0.1) is 0 Å². The fraction of sp³-hybridized carbons (Fsp3) is 0.786. The number of carbonyl (C=O) groups excluding carboxylic acids is 1. The van der Waals surface area contributed by atoms with Gasteiger partial charge in [0.1, 0.15) is 6.10 Å². The molecule has 104 valence electrons. The molecule has 1 saturated heterocycles. The number of esters is 1. The van der Waals surface area contributed by atoms with E-state index < -0.39 is 0 Å². The number of carbonyl (C=O) groups is 1. The van der Waals surface area contributed by atoms with E-state index >= 15 is 0 Å². The molecule has 0 N–H and O–H groups in total. The van der Waals surface area contributed by atoms with Gasteiger partial charge in [-0.15, -0.1) is 0 Å². The van der Waals surface area contributed by atoms with Gasteiger partial charge in [-0.2, -0.15) is 0 Å². The summed E-state index contributed by atoms with van der Waals surface area (Å²) in [4.78, 5) is 11.5.